The Morgan fingerprint density at radius 3 is 2.35 bits per heavy atom. The number of ether oxygens (including phenoxy) is 4. The molecule has 1 N–H and O–H groups in total. The molecule has 0 radical (unpaired) electrons. The van der Waals surface area contributed by atoms with E-state index in [1.807, 2.05) is 0 Å². The van der Waals surface area contributed by atoms with Gasteiger partial charge in [0, 0.05) is 32.0 Å². The van der Waals surface area contributed by atoms with Crippen LogP contribution in [-0.4, -0.2) is 82.9 Å². The van der Waals surface area contributed by atoms with Crippen molar-refractivity contribution in [2.75, 3.05) is 39.3 Å². The molecule has 1 saturated heterocycles. The highest BCUT2D eigenvalue weighted by Crippen LogP contribution is 2.36. The zero-order valence-corrected chi connectivity index (χ0v) is 22.2. The zero-order chi connectivity index (χ0) is 26.6. The van der Waals surface area contributed by atoms with Crippen molar-refractivity contribution < 1.29 is 27.4 Å². The van der Waals surface area contributed by atoms with Crippen molar-refractivity contribution in [2.45, 2.75) is 37.0 Å². The van der Waals surface area contributed by atoms with Gasteiger partial charge in [-0.25, -0.2) is 18.4 Å². The first-order valence-electron chi connectivity index (χ1n) is 11.3. The number of hydrogen-bond donors (Lipinski definition) is 1. The van der Waals surface area contributed by atoms with Crippen LogP contribution in [-0.2, 0) is 19.5 Å². The van der Waals surface area contributed by atoms with Gasteiger partial charge in [0.05, 0.1) is 25.8 Å². The van der Waals surface area contributed by atoms with Crippen LogP contribution in [0.1, 0.15) is 43.4 Å². The molecule has 0 aromatic carbocycles. The van der Waals surface area contributed by atoms with Crippen molar-refractivity contribution in [3.05, 3.63) is 35.4 Å². The van der Waals surface area contributed by atoms with Crippen LogP contribution in [0, 0.1) is 0 Å². The van der Waals surface area contributed by atoms with Crippen LogP contribution in [0.2, 0.25) is 5.02 Å². The second-order valence-corrected chi connectivity index (χ2v) is 10.6. The van der Waals surface area contributed by atoms with Gasteiger partial charge in [0.25, 0.3) is 0 Å². The minimum absolute atomic E-state index is 0.106. The van der Waals surface area contributed by atoms with Gasteiger partial charge in [-0.3, -0.25) is 9.29 Å². The first kappa shape index (κ1) is 26.9. The van der Waals surface area contributed by atoms with Gasteiger partial charge < -0.3 is 18.9 Å². The van der Waals surface area contributed by atoms with E-state index in [2.05, 4.69) is 34.9 Å². The Bertz CT molecular complexity index is 1290. The van der Waals surface area contributed by atoms with E-state index in [0.29, 0.717) is 24.1 Å². The predicted octanol–water partition coefficient (Wildman–Crippen LogP) is 1.93. The summed E-state index contributed by atoms with van der Waals surface area (Å²) in [6.45, 7) is 2.49. The van der Waals surface area contributed by atoms with Crippen molar-refractivity contribution in [1.82, 2.24) is 34.7 Å². The minimum atomic E-state index is -4.13. The summed E-state index contributed by atoms with van der Waals surface area (Å²) in [7, 11) is 0.0970. The highest BCUT2D eigenvalue weighted by Gasteiger charge is 2.36. The van der Waals surface area contributed by atoms with Gasteiger partial charge in [-0.2, -0.15) is 9.97 Å². The van der Waals surface area contributed by atoms with Crippen LogP contribution < -0.4 is 14.2 Å². The molecule has 1 aliphatic heterocycles. The maximum absolute atomic E-state index is 13.5. The van der Waals surface area contributed by atoms with E-state index in [0.717, 1.165) is 12.8 Å². The fourth-order valence-corrected chi connectivity index (χ4v) is 5.22. The molecule has 14 nitrogen and oxygen atoms in total. The fraction of sp³-hybridized carbons (Fsp3) is 0.524. The number of hydrogen-bond acceptors (Lipinski definition) is 12. The summed E-state index contributed by atoms with van der Waals surface area (Å²) in [6, 6.07) is 0. The van der Waals surface area contributed by atoms with E-state index >= 15 is 0 Å². The first-order chi connectivity index (χ1) is 17.8. The average Bonchev–Trinajstić information content (AvgIpc) is 3.32. The monoisotopic (exact) mass is 554 g/mol. The molecule has 0 saturated carbocycles. The first-order valence-corrected chi connectivity index (χ1v) is 13.2. The molecule has 16 heteroatoms. The van der Waals surface area contributed by atoms with Crippen LogP contribution in [0.25, 0.3) is 5.69 Å². The molecule has 3 aromatic rings. The highest BCUT2D eigenvalue weighted by molar-refractivity contribution is 7.93. The summed E-state index contributed by atoms with van der Waals surface area (Å²) < 4.78 is 53.1. The Morgan fingerprint density at radius 2 is 1.78 bits per heavy atom. The largest absolute Gasteiger partial charge is 0.479 e. The van der Waals surface area contributed by atoms with Gasteiger partial charge >= 0.3 is 0 Å². The summed E-state index contributed by atoms with van der Waals surface area (Å²) in [6.07, 6.45) is 4.58. The Balaban J connectivity index is 1.78. The number of sulfonamides is 1. The maximum Gasteiger partial charge on any atom is 0.245 e. The molecule has 0 spiro atoms. The van der Waals surface area contributed by atoms with E-state index in [-0.39, 0.29) is 35.1 Å². The van der Waals surface area contributed by atoms with Crippen molar-refractivity contribution in [2.24, 2.45) is 0 Å². The van der Waals surface area contributed by atoms with Crippen molar-refractivity contribution in [3.63, 3.8) is 0 Å². The lowest BCUT2D eigenvalue weighted by Crippen LogP contribution is -2.33. The smallest absolute Gasteiger partial charge is 0.245 e. The van der Waals surface area contributed by atoms with Crippen LogP contribution in [0.15, 0.2) is 18.7 Å². The molecule has 37 heavy (non-hydrogen) atoms. The third-order valence-electron chi connectivity index (χ3n) is 5.88. The zero-order valence-electron chi connectivity index (χ0n) is 20.7. The van der Waals surface area contributed by atoms with E-state index in [1.165, 1.54) is 51.5 Å². The van der Waals surface area contributed by atoms with Crippen molar-refractivity contribution in [1.29, 1.82) is 0 Å². The number of nitrogens with one attached hydrogen (secondary N) is 1. The summed E-state index contributed by atoms with van der Waals surface area (Å²) >= 11 is 5.87. The number of anilines is 1. The predicted molar refractivity (Wildman–Crippen MR) is 132 cm³/mol. The lowest BCUT2D eigenvalue weighted by Gasteiger charge is -2.24. The Kier molecular flexibility index (Phi) is 8.36. The molecule has 200 valence electrons. The summed E-state index contributed by atoms with van der Waals surface area (Å²) in [4.78, 5) is 16.5. The molecule has 1 fully saturated rings. The fourth-order valence-electron chi connectivity index (χ4n) is 3.99. The highest BCUT2D eigenvalue weighted by atomic mass is 35.5. The molecule has 4 rings (SSSR count). The molecule has 0 bridgehead atoms. The van der Waals surface area contributed by atoms with Crippen LogP contribution in [0.4, 0.5) is 5.95 Å². The summed E-state index contributed by atoms with van der Waals surface area (Å²) in [5.74, 6) is 0.614. The standard InChI is InChI=1S/C21H27ClN8O6S/c1-12(16(33-2)17-23-8-14(22)9-24-17)37(31,32)29-21-28-27-18(13-6-5-7-36-10-13)30(21)15-19(34-3)25-11-26-20(15)35-4/h8-9,11-13,16H,5-7,10H2,1-4H3,(H,28,29)/t12-,13?,16-/m0/s1. The Labute approximate surface area is 218 Å². The molecule has 4 heterocycles. The number of nitrogens with zero attached hydrogens (tertiary/aromatic N) is 7. The molecular weight excluding hydrogens is 528 g/mol. The number of halogens is 1. The van der Waals surface area contributed by atoms with Gasteiger partial charge in [0.15, 0.2) is 11.5 Å². The van der Waals surface area contributed by atoms with Crippen molar-refractivity contribution >= 4 is 27.6 Å². The normalized spacial score (nSPS) is 17.7. The van der Waals surface area contributed by atoms with Gasteiger partial charge in [-0.05, 0) is 19.8 Å². The van der Waals surface area contributed by atoms with Crippen LogP contribution in [0.3, 0.4) is 0 Å². The lowest BCUT2D eigenvalue weighted by atomic mass is 10.0. The topological polar surface area (TPSA) is 165 Å². The van der Waals surface area contributed by atoms with Crippen LogP contribution in [0.5, 0.6) is 11.8 Å². The maximum atomic E-state index is 13.5. The van der Waals surface area contributed by atoms with E-state index in [1.54, 1.807) is 0 Å². The quantitative estimate of drug-likeness (QED) is 0.387. The van der Waals surface area contributed by atoms with E-state index in [4.69, 9.17) is 30.5 Å². The Hall–Kier alpha value is -3.14. The van der Waals surface area contributed by atoms with Crippen LogP contribution >= 0.6 is 11.6 Å². The second-order valence-electron chi connectivity index (χ2n) is 8.14. The van der Waals surface area contributed by atoms with E-state index in [9.17, 15) is 8.42 Å². The molecule has 0 aliphatic carbocycles. The van der Waals surface area contributed by atoms with Gasteiger partial charge in [-0.15, -0.1) is 10.2 Å². The lowest BCUT2D eigenvalue weighted by molar-refractivity contribution is 0.0775. The second kappa shape index (κ2) is 11.5. The molecule has 1 unspecified atom stereocenters. The SMILES string of the molecule is COc1ncnc(OC)c1-n1c(NS(=O)(=O)[C@@H](C)[C@H](OC)c2ncc(Cl)cn2)nnc1C1CCCOC1. The molecular formula is C21H27ClN8O6S. The molecule has 1 aliphatic rings. The molecule has 3 aromatic heterocycles. The number of rotatable bonds is 10. The van der Waals surface area contributed by atoms with Gasteiger partial charge in [-0.1, -0.05) is 11.6 Å². The third kappa shape index (κ3) is 5.58. The average molecular weight is 555 g/mol. The van der Waals surface area contributed by atoms with Gasteiger partial charge in [0.2, 0.25) is 27.7 Å². The number of aromatic nitrogens is 7. The molecule has 0 amide bonds. The third-order valence-corrected chi connectivity index (χ3v) is 7.77. The number of methoxy groups -OCH3 is 3. The molecule has 3 atom stereocenters. The minimum Gasteiger partial charge on any atom is -0.479 e. The van der Waals surface area contributed by atoms with Gasteiger partial charge in [0.1, 0.15) is 23.5 Å². The van der Waals surface area contributed by atoms with E-state index < -0.39 is 21.4 Å². The van der Waals surface area contributed by atoms with Crippen molar-refractivity contribution in [3.8, 4) is 17.4 Å². The Morgan fingerprint density at radius 1 is 1.11 bits per heavy atom. The summed E-state index contributed by atoms with van der Waals surface area (Å²) in [5.41, 5.74) is 0.243. The summed E-state index contributed by atoms with van der Waals surface area (Å²) in [5, 5.41) is 7.65.